The number of nitrogens with two attached hydrogens (primary N) is 1. The Kier molecular flexibility index (Phi) is 2.15. The SMILES string of the molecule is CCOc1[nH]c(=O)ccc1N. The Balaban J connectivity index is 3.02. The largest absolute Gasteiger partial charge is 0.478 e. The minimum atomic E-state index is -0.206. The molecule has 0 bridgehead atoms. The molecule has 0 atom stereocenters. The van der Waals surface area contributed by atoms with Crippen LogP contribution in [0, 0.1) is 0 Å². The molecule has 0 amide bonds. The molecular formula is C7H10N2O2. The molecule has 11 heavy (non-hydrogen) atoms. The van der Waals surface area contributed by atoms with E-state index in [4.69, 9.17) is 10.5 Å². The smallest absolute Gasteiger partial charge is 0.250 e. The molecule has 0 aliphatic carbocycles. The Morgan fingerprint density at radius 2 is 2.36 bits per heavy atom. The first kappa shape index (κ1) is 7.65. The summed E-state index contributed by atoms with van der Waals surface area (Å²) in [7, 11) is 0. The normalized spacial score (nSPS) is 9.55. The third-order valence-corrected chi connectivity index (χ3v) is 1.20. The summed E-state index contributed by atoms with van der Waals surface area (Å²) in [5.74, 6) is 0.347. The predicted molar refractivity (Wildman–Crippen MR) is 42.6 cm³/mol. The predicted octanol–water partition coefficient (Wildman–Crippen LogP) is 0.356. The van der Waals surface area contributed by atoms with E-state index in [1.54, 1.807) is 0 Å². The number of rotatable bonds is 2. The van der Waals surface area contributed by atoms with E-state index in [0.717, 1.165) is 0 Å². The molecule has 0 aliphatic heterocycles. The molecule has 1 aromatic rings. The van der Waals surface area contributed by atoms with Crippen molar-refractivity contribution in [3.05, 3.63) is 22.5 Å². The molecule has 0 unspecified atom stereocenters. The molecule has 3 N–H and O–H groups in total. The van der Waals surface area contributed by atoms with Gasteiger partial charge in [0.1, 0.15) is 0 Å². The lowest BCUT2D eigenvalue weighted by Gasteiger charge is -2.03. The van der Waals surface area contributed by atoms with Gasteiger partial charge < -0.3 is 10.5 Å². The number of pyridine rings is 1. The van der Waals surface area contributed by atoms with E-state index >= 15 is 0 Å². The highest BCUT2D eigenvalue weighted by Gasteiger charge is 1.97. The zero-order valence-corrected chi connectivity index (χ0v) is 6.26. The second-order valence-electron chi connectivity index (χ2n) is 2.04. The van der Waals surface area contributed by atoms with Gasteiger partial charge in [-0.25, -0.2) is 0 Å². The summed E-state index contributed by atoms with van der Waals surface area (Å²) in [6.07, 6.45) is 0. The van der Waals surface area contributed by atoms with E-state index in [1.165, 1.54) is 12.1 Å². The van der Waals surface area contributed by atoms with E-state index in [1.807, 2.05) is 6.92 Å². The van der Waals surface area contributed by atoms with Gasteiger partial charge >= 0.3 is 0 Å². The topological polar surface area (TPSA) is 68.1 Å². The average Bonchev–Trinajstić information content (AvgIpc) is 1.98. The molecule has 4 heteroatoms. The molecule has 1 heterocycles. The molecule has 0 fully saturated rings. The molecule has 0 spiro atoms. The van der Waals surface area contributed by atoms with Crippen molar-refractivity contribution in [1.29, 1.82) is 0 Å². The molecule has 0 aromatic carbocycles. The number of anilines is 1. The first-order valence-electron chi connectivity index (χ1n) is 3.35. The lowest BCUT2D eigenvalue weighted by atomic mass is 10.4. The van der Waals surface area contributed by atoms with Crippen LogP contribution in [0.5, 0.6) is 5.88 Å². The van der Waals surface area contributed by atoms with Gasteiger partial charge in [0.25, 0.3) is 5.56 Å². The van der Waals surface area contributed by atoms with Crippen LogP contribution < -0.4 is 16.0 Å². The molecule has 0 saturated heterocycles. The number of H-pyrrole nitrogens is 1. The van der Waals surface area contributed by atoms with Crippen LogP contribution in [0.15, 0.2) is 16.9 Å². The van der Waals surface area contributed by atoms with Gasteiger partial charge in [0.05, 0.1) is 12.3 Å². The highest BCUT2D eigenvalue weighted by atomic mass is 16.5. The van der Waals surface area contributed by atoms with E-state index in [-0.39, 0.29) is 5.56 Å². The fourth-order valence-corrected chi connectivity index (χ4v) is 0.731. The number of aromatic amines is 1. The van der Waals surface area contributed by atoms with Crippen molar-refractivity contribution < 1.29 is 4.74 Å². The van der Waals surface area contributed by atoms with Crippen LogP contribution >= 0.6 is 0 Å². The van der Waals surface area contributed by atoms with E-state index in [2.05, 4.69) is 4.98 Å². The molecule has 1 aromatic heterocycles. The third kappa shape index (κ3) is 1.73. The first-order valence-corrected chi connectivity index (χ1v) is 3.35. The van der Waals surface area contributed by atoms with Crippen molar-refractivity contribution in [1.82, 2.24) is 4.98 Å². The van der Waals surface area contributed by atoms with Gasteiger partial charge in [-0.1, -0.05) is 0 Å². The molecular weight excluding hydrogens is 144 g/mol. The molecule has 60 valence electrons. The zero-order chi connectivity index (χ0) is 8.27. The summed E-state index contributed by atoms with van der Waals surface area (Å²) in [6.45, 7) is 2.31. The standard InChI is InChI=1S/C7H10N2O2/c1-2-11-7-5(8)3-4-6(10)9-7/h3-4H,2,8H2,1H3,(H,9,10). The number of aromatic nitrogens is 1. The number of nitrogens with one attached hydrogen (secondary N) is 1. The summed E-state index contributed by atoms with van der Waals surface area (Å²) >= 11 is 0. The lowest BCUT2D eigenvalue weighted by Crippen LogP contribution is -2.08. The second-order valence-corrected chi connectivity index (χ2v) is 2.04. The lowest BCUT2D eigenvalue weighted by molar-refractivity contribution is 0.328. The van der Waals surface area contributed by atoms with Crippen molar-refractivity contribution in [2.24, 2.45) is 0 Å². The van der Waals surface area contributed by atoms with Crippen LogP contribution in [0.2, 0.25) is 0 Å². The molecule has 0 saturated carbocycles. The number of ether oxygens (including phenoxy) is 1. The number of hydrogen-bond donors (Lipinski definition) is 2. The fourth-order valence-electron chi connectivity index (χ4n) is 0.731. The quantitative estimate of drug-likeness (QED) is 0.646. The Morgan fingerprint density at radius 3 is 3.00 bits per heavy atom. The van der Waals surface area contributed by atoms with Crippen LogP contribution in [0.1, 0.15) is 6.92 Å². The maximum absolute atomic E-state index is 10.7. The van der Waals surface area contributed by atoms with Crippen LogP contribution in [0.3, 0.4) is 0 Å². The highest BCUT2D eigenvalue weighted by molar-refractivity contribution is 5.46. The summed E-state index contributed by atoms with van der Waals surface area (Å²) in [4.78, 5) is 13.2. The summed E-state index contributed by atoms with van der Waals surface area (Å²) in [6, 6.07) is 2.88. The number of nitrogen functional groups attached to an aromatic ring is 1. The third-order valence-electron chi connectivity index (χ3n) is 1.20. The Morgan fingerprint density at radius 1 is 1.64 bits per heavy atom. The maximum atomic E-state index is 10.7. The van der Waals surface area contributed by atoms with Crippen LogP contribution in [0.25, 0.3) is 0 Å². The Labute approximate surface area is 64.0 Å². The molecule has 1 rings (SSSR count). The van der Waals surface area contributed by atoms with Crippen LogP contribution in [0.4, 0.5) is 5.69 Å². The van der Waals surface area contributed by atoms with E-state index in [9.17, 15) is 4.79 Å². The van der Waals surface area contributed by atoms with E-state index < -0.39 is 0 Å². The summed E-state index contributed by atoms with van der Waals surface area (Å²) in [5, 5.41) is 0. The van der Waals surface area contributed by atoms with Crippen LogP contribution in [-0.4, -0.2) is 11.6 Å². The van der Waals surface area contributed by atoms with Gasteiger partial charge in [-0.15, -0.1) is 0 Å². The van der Waals surface area contributed by atoms with Gasteiger partial charge in [0.15, 0.2) is 0 Å². The van der Waals surface area contributed by atoms with Crippen molar-refractivity contribution in [3.8, 4) is 5.88 Å². The van der Waals surface area contributed by atoms with Gasteiger partial charge in [-0.3, -0.25) is 9.78 Å². The minimum Gasteiger partial charge on any atom is -0.478 e. The summed E-state index contributed by atoms with van der Waals surface area (Å²) < 4.78 is 5.04. The van der Waals surface area contributed by atoms with Crippen molar-refractivity contribution in [2.75, 3.05) is 12.3 Å². The van der Waals surface area contributed by atoms with Gasteiger partial charge in [-0.05, 0) is 13.0 Å². The molecule has 0 aliphatic rings. The fraction of sp³-hybridized carbons (Fsp3) is 0.286. The van der Waals surface area contributed by atoms with Crippen LogP contribution in [-0.2, 0) is 0 Å². The van der Waals surface area contributed by atoms with Crippen molar-refractivity contribution in [2.45, 2.75) is 6.92 Å². The maximum Gasteiger partial charge on any atom is 0.250 e. The minimum absolute atomic E-state index is 0.206. The van der Waals surface area contributed by atoms with E-state index in [0.29, 0.717) is 18.2 Å². The van der Waals surface area contributed by atoms with Gasteiger partial charge in [-0.2, -0.15) is 0 Å². The van der Waals surface area contributed by atoms with Gasteiger partial charge in [0.2, 0.25) is 5.88 Å². The summed E-state index contributed by atoms with van der Waals surface area (Å²) in [5.41, 5.74) is 5.72. The Bertz CT molecular complexity index is 293. The van der Waals surface area contributed by atoms with Crippen molar-refractivity contribution >= 4 is 5.69 Å². The monoisotopic (exact) mass is 154 g/mol. The molecule has 0 radical (unpaired) electrons. The average molecular weight is 154 g/mol. The molecule has 4 nitrogen and oxygen atoms in total. The Hall–Kier alpha value is -1.45. The zero-order valence-electron chi connectivity index (χ0n) is 6.26. The number of hydrogen-bond acceptors (Lipinski definition) is 3. The van der Waals surface area contributed by atoms with Crippen molar-refractivity contribution in [3.63, 3.8) is 0 Å². The second kappa shape index (κ2) is 3.09. The highest BCUT2D eigenvalue weighted by Crippen LogP contribution is 2.13. The first-order chi connectivity index (χ1) is 5.24. The van der Waals surface area contributed by atoms with Gasteiger partial charge in [0, 0.05) is 6.07 Å².